The number of carbonyl (C=O) groups is 1. The lowest BCUT2D eigenvalue weighted by Gasteiger charge is -2.34. The number of ether oxygens (including phenoxy) is 1. The summed E-state index contributed by atoms with van der Waals surface area (Å²) in [5, 5.41) is 2.44. The van der Waals surface area contributed by atoms with Gasteiger partial charge in [-0.25, -0.2) is 18.2 Å². The zero-order valence-corrected chi connectivity index (χ0v) is 18.3. The molecular weight excluding hydrogens is 486 g/mol. The monoisotopic (exact) mass is 504 g/mol. The molecule has 1 saturated carbocycles. The van der Waals surface area contributed by atoms with Crippen LogP contribution in [0.3, 0.4) is 0 Å². The highest BCUT2D eigenvalue weighted by Crippen LogP contribution is 2.68. The summed E-state index contributed by atoms with van der Waals surface area (Å²) in [6.45, 7) is 0.0241. The zero-order chi connectivity index (χ0) is 24.9. The third kappa shape index (κ3) is 4.52. The van der Waals surface area contributed by atoms with E-state index in [2.05, 4.69) is 20.0 Å². The molecule has 13 heteroatoms. The number of fused-ring (bicyclic) bond motifs is 1. The molecule has 4 rings (SSSR count). The molecule has 3 atom stereocenters. The van der Waals surface area contributed by atoms with E-state index in [-0.39, 0.29) is 34.3 Å². The fraction of sp³-hybridized carbons (Fsp3) is 0.381. The minimum Gasteiger partial charge on any atom is -0.483 e. The van der Waals surface area contributed by atoms with Crippen LogP contribution in [0.2, 0.25) is 0 Å². The van der Waals surface area contributed by atoms with Gasteiger partial charge >= 0.3 is 6.18 Å². The number of benzene rings is 1. The molecule has 0 radical (unpaired) electrons. The van der Waals surface area contributed by atoms with Crippen LogP contribution in [0.25, 0.3) is 0 Å². The van der Waals surface area contributed by atoms with Crippen molar-refractivity contribution in [3.8, 4) is 5.75 Å². The van der Waals surface area contributed by atoms with Crippen LogP contribution in [-0.4, -0.2) is 40.0 Å². The van der Waals surface area contributed by atoms with Crippen LogP contribution in [0.5, 0.6) is 5.75 Å². The number of amides is 1. The molecule has 0 spiro atoms. The van der Waals surface area contributed by atoms with E-state index in [4.69, 9.17) is 5.73 Å². The molecule has 6 nitrogen and oxygen atoms in total. The van der Waals surface area contributed by atoms with Crippen molar-refractivity contribution in [2.45, 2.75) is 36.2 Å². The number of halogens is 6. The third-order valence-corrected chi connectivity index (χ3v) is 7.09. The van der Waals surface area contributed by atoms with Crippen LogP contribution in [-0.2, 0) is 5.54 Å². The summed E-state index contributed by atoms with van der Waals surface area (Å²) in [5.41, 5.74) is 4.46. The molecule has 1 fully saturated rings. The van der Waals surface area contributed by atoms with Gasteiger partial charge in [0.1, 0.15) is 17.3 Å². The number of hydrogen-bond donors (Lipinski definition) is 2. The number of anilines is 1. The van der Waals surface area contributed by atoms with Crippen LogP contribution < -0.4 is 15.8 Å². The number of pyridine rings is 1. The van der Waals surface area contributed by atoms with Gasteiger partial charge in [-0.05, 0) is 43.7 Å². The number of aromatic nitrogens is 1. The Hall–Kier alpha value is -2.96. The lowest BCUT2D eigenvalue weighted by molar-refractivity contribution is -0.153. The largest absolute Gasteiger partial charge is 0.483 e. The first kappa shape index (κ1) is 24.2. The average Bonchev–Trinajstić information content (AvgIpc) is 3.50. The fourth-order valence-corrected chi connectivity index (χ4v) is 5.39. The highest BCUT2D eigenvalue weighted by Gasteiger charge is 2.71. The SMILES string of the molecule is C[C@@]1(c2cc(NC(=O)c3ccc(OCC(F)(F)F)cn3)ccc2F)N=C(N)S[C@@]2(C(F)F)C[C@@H]12. The predicted molar refractivity (Wildman–Crippen MR) is 114 cm³/mol. The van der Waals surface area contributed by atoms with Gasteiger partial charge in [-0.2, -0.15) is 13.2 Å². The Morgan fingerprint density at radius 2 is 2.06 bits per heavy atom. The Kier molecular flexibility index (Phi) is 5.95. The number of carbonyl (C=O) groups excluding carboxylic acids is 1. The van der Waals surface area contributed by atoms with Crippen molar-refractivity contribution in [3.63, 3.8) is 0 Å². The van der Waals surface area contributed by atoms with Crippen molar-refractivity contribution in [2.24, 2.45) is 16.6 Å². The molecule has 3 N–H and O–H groups in total. The van der Waals surface area contributed by atoms with E-state index in [0.29, 0.717) is 0 Å². The normalized spacial score (nSPS) is 26.0. The maximum absolute atomic E-state index is 14.8. The number of aliphatic imine (C=N–C) groups is 1. The molecule has 0 unspecified atom stereocenters. The molecule has 2 aromatic rings. The maximum atomic E-state index is 14.8. The van der Waals surface area contributed by atoms with Gasteiger partial charge in [0.05, 0.1) is 16.5 Å². The Bertz CT molecular complexity index is 1140. The van der Waals surface area contributed by atoms with Gasteiger partial charge in [0.25, 0.3) is 12.3 Å². The minimum absolute atomic E-state index is 0.00457. The van der Waals surface area contributed by atoms with Crippen LogP contribution in [0.1, 0.15) is 29.4 Å². The van der Waals surface area contributed by atoms with Crippen molar-refractivity contribution in [1.82, 2.24) is 4.98 Å². The summed E-state index contributed by atoms with van der Waals surface area (Å²) in [7, 11) is 0. The Balaban J connectivity index is 1.53. The van der Waals surface area contributed by atoms with E-state index < -0.39 is 47.1 Å². The van der Waals surface area contributed by atoms with Crippen molar-refractivity contribution >= 4 is 28.5 Å². The Morgan fingerprint density at radius 3 is 2.68 bits per heavy atom. The first-order valence-corrected chi connectivity index (χ1v) is 10.8. The molecule has 0 bridgehead atoms. The Morgan fingerprint density at radius 1 is 1.32 bits per heavy atom. The van der Waals surface area contributed by atoms with Gasteiger partial charge in [0.15, 0.2) is 11.8 Å². The highest BCUT2D eigenvalue weighted by molar-refractivity contribution is 8.15. The third-order valence-electron chi connectivity index (χ3n) is 5.78. The number of thioether (sulfide) groups is 1. The standard InChI is InChI=1S/C21H18F6N4O2S/c1-19(15-7-20(15,17(23)24)34-18(28)31-19)12-6-10(2-4-13(12)22)30-16(32)14-5-3-11(8-29-14)33-9-21(25,26)27/h2-6,8,15,17H,7,9H2,1H3,(H2,28,31)(H,30,32)/t15-,19-,20-/m0/s1. The number of rotatable bonds is 6. The lowest BCUT2D eigenvalue weighted by atomic mass is 9.85. The van der Waals surface area contributed by atoms with Gasteiger partial charge in [-0.1, -0.05) is 11.8 Å². The predicted octanol–water partition coefficient (Wildman–Crippen LogP) is 4.71. The van der Waals surface area contributed by atoms with Gasteiger partial charge in [0.2, 0.25) is 0 Å². The second-order valence-corrected chi connectivity index (χ2v) is 9.53. The van der Waals surface area contributed by atoms with Crippen molar-refractivity contribution in [2.75, 3.05) is 11.9 Å². The molecule has 0 saturated heterocycles. The topological polar surface area (TPSA) is 89.6 Å². The molecule has 1 aliphatic carbocycles. The number of alkyl halides is 5. The van der Waals surface area contributed by atoms with E-state index in [1.807, 2.05) is 0 Å². The van der Waals surface area contributed by atoms with Crippen molar-refractivity contribution in [1.29, 1.82) is 0 Å². The number of hydrogen-bond acceptors (Lipinski definition) is 6. The summed E-state index contributed by atoms with van der Waals surface area (Å²) in [4.78, 5) is 20.6. The number of amidine groups is 1. The molecule has 182 valence electrons. The minimum atomic E-state index is -4.52. The first-order chi connectivity index (χ1) is 15.8. The van der Waals surface area contributed by atoms with Gasteiger partial charge in [-0.3, -0.25) is 9.79 Å². The van der Waals surface area contributed by atoms with Crippen molar-refractivity contribution in [3.05, 3.63) is 53.6 Å². The summed E-state index contributed by atoms with van der Waals surface area (Å²) >= 11 is 0.796. The number of nitrogens with two attached hydrogens (primary N) is 1. The quantitative estimate of drug-likeness (QED) is 0.556. The summed E-state index contributed by atoms with van der Waals surface area (Å²) in [6.07, 6.45) is -6.12. The van der Waals surface area contributed by atoms with Crippen molar-refractivity contribution < 1.29 is 35.9 Å². The van der Waals surface area contributed by atoms with E-state index >= 15 is 0 Å². The molecule has 1 amide bonds. The van der Waals surface area contributed by atoms with Crippen LogP contribution in [0, 0.1) is 11.7 Å². The van der Waals surface area contributed by atoms with Gasteiger partial charge in [0, 0.05) is 17.2 Å². The number of nitrogens with zero attached hydrogens (tertiary/aromatic N) is 2. The zero-order valence-electron chi connectivity index (χ0n) is 17.5. The van der Waals surface area contributed by atoms with Crippen LogP contribution in [0.15, 0.2) is 41.5 Å². The van der Waals surface area contributed by atoms with Gasteiger partial charge in [-0.15, -0.1) is 0 Å². The molecule has 2 heterocycles. The second-order valence-electron chi connectivity index (χ2n) is 8.14. The number of nitrogens with one attached hydrogen (secondary N) is 1. The average molecular weight is 504 g/mol. The molecule has 34 heavy (non-hydrogen) atoms. The maximum Gasteiger partial charge on any atom is 0.422 e. The van der Waals surface area contributed by atoms with E-state index in [1.54, 1.807) is 0 Å². The highest BCUT2D eigenvalue weighted by atomic mass is 32.2. The second kappa shape index (κ2) is 8.36. The molecule has 1 aromatic heterocycles. The summed E-state index contributed by atoms with van der Waals surface area (Å²) < 4.78 is 82.0. The first-order valence-electron chi connectivity index (χ1n) is 9.93. The lowest BCUT2D eigenvalue weighted by Crippen LogP contribution is -2.38. The molecule has 1 aliphatic heterocycles. The molecule has 1 aromatic carbocycles. The molecular formula is C21H18F6N4O2S. The van der Waals surface area contributed by atoms with E-state index in [9.17, 15) is 31.1 Å². The van der Waals surface area contributed by atoms with E-state index in [1.165, 1.54) is 19.1 Å². The van der Waals surface area contributed by atoms with Gasteiger partial charge < -0.3 is 15.8 Å². The van der Waals surface area contributed by atoms with Crippen LogP contribution >= 0.6 is 11.8 Å². The summed E-state index contributed by atoms with van der Waals surface area (Å²) in [6, 6.07) is 5.97. The fourth-order valence-electron chi connectivity index (χ4n) is 4.06. The molecule has 2 aliphatic rings. The Labute approximate surface area is 194 Å². The van der Waals surface area contributed by atoms with Crippen LogP contribution in [0.4, 0.5) is 32.0 Å². The van der Waals surface area contributed by atoms with E-state index in [0.717, 1.165) is 36.2 Å². The summed E-state index contributed by atoms with van der Waals surface area (Å²) in [5.74, 6) is -2.24. The smallest absolute Gasteiger partial charge is 0.422 e.